The number of hydrogen-bond donors (Lipinski definition) is 1. The molecule has 0 radical (unpaired) electrons. The molecule has 0 amide bonds. The summed E-state index contributed by atoms with van der Waals surface area (Å²) in [5, 5.41) is 5.13. The zero-order valence-electron chi connectivity index (χ0n) is 10.2. The van der Waals surface area contributed by atoms with Crippen LogP contribution in [0.4, 0.5) is 0 Å². The largest absolute Gasteiger partial charge is 0.495 e. The van der Waals surface area contributed by atoms with Crippen LogP contribution in [0.3, 0.4) is 0 Å². The Morgan fingerprint density at radius 1 is 1.00 bits per heavy atom. The predicted molar refractivity (Wildman–Crippen MR) is 70.9 cm³/mol. The van der Waals surface area contributed by atoms with Gasteiger partial charge in [0.15, 0.2) is 0 Å². The predicted octanol–water partition coefficient (Wildman–Crippen LogP) is 2.13. The van der Waals surface area contributed by atoms with Crippen molar-refractivity contribution in [1.82, 2.24) is 0 Å². The maximum atomic E-state index is 11.5. The molecule has 0 heterocycles. The summed E-state index contributed by atoms with van der Waals surface area (Å²) in [5.74, 6) is 1.16. The van der Waals surface area contributed by atoms with Crippen LogP contribution in [-0.2, 0) is 10.0 Å². The molecule has 0 aliphatic rings. The van der Waals surface area contributed by atoms with Crippen LogP contribution in [0.25, 0.3) is 0 Å². The first-order chi connectivity index (χ1) is 9.00. The molecule has 0 aromatic heterocycles. The summed E-state index contributed by atoms with van der Waals surface area (Å²) in [4.78, 5) is -0.108. The first-order valence-electron chi connectivity index (χ1n) is 5.44. The third-order valence-corrected chi connectivity index (χ3v) is 3.35. The average molecular weight is 279 g/mol. The normalized spacial score (nSPS) is 11.1. The van der Waals surface area contributed by atoms with E-state index in [0.29, 0.717) is 11.5 Å². The monoisotopic (exact) mass is 279 g/mol. The number of benzene rings is 2. The Morgan fingerprint density at radius 2 is 1.68 bits per heavy atom. The number of rotatable bonds is 4. The number of nitrogens with two attached hydrogens (primary N) is 1. The Hall–Kier alpha value is -2.05. The zero-order chi connectivity index (χ0) is 13.9. The maximum Gasteiger partial charge on any atom is 0.241 e. The molecule has 2 aromatic rings. The van der Waals surface area contributed by atoms with E-state index in [1.165, 1.54) is 19.2 Å². The van der Waals surface area contributed by atoms with Crippen LogP contribution in [0, 0.1) is 0 Å². The zero-order valence-corrected chi connectivity index (χ0v) is 11.1. The lowest BCUT2D eigenvalue weighted by molar-refractivity contribution is 0.400. The minimum absolute atomic E-state index is 0.108. The molecule has 2 rings (SSSR count). The summed E-state index contributed by atoms with van der Waals surface area (Å²) in [6.07, 6.45) is 0. The molecule has 5 nitrogen and oxygen atoms in total. The molecule has 19 heavy (non-hydrogen) atoms. The third kappa shape index (κ3) is 3.24. The summed E-state index contributed by atoms with van der Waals surface area (Å²) in [5.41, 5.74) is 0. The SMILES string of the molecule is COc1ccc(Oc2ccccc2)cc1S(N)(=O)=O. The highest BCUT2D eigenvalue weighted by atomic mass is 32.2. The molecule has 0 bridgehead atoms. The van der Waals surface area contributed by atoms with Crippen LogP contribution in [0.1, 0.15) is 0 Å². The Kier molecular flexibility index (Phi) is 3.73. The highest BCUT2D eigenvalue weighted by molar-refractivity contribution is 7.89. The number of primary sulfonamides is 1. The number of para-hydroxylation sites is 1. The lowest BCUT2D eigenvalue weighted by atomic mass is 10.3. The van der Waals surface area contributed by atoms with E-state index in [1.807, 2.05) is 18.2 Å². The Balaban J connectivity index is 2.39. The lowest BCUT2D eigenvalue weighted by Crippen LogP contribution is -2.13. The quantitative estimate of drug-likeness (QED) is 0.930. The molecular weight excluding hydrogens is 266 g/mol. The highest BCUT2D eigenvalue weighted by Gasteiger charge is 2.16. The molecule has 2 aromatic carbocycles. The van der Waals surface area contributed by atoms with Crippen molar-refractivity contribution >= 4 is 10.0 Å². The van der Waals surface area contributed by atoms with Crippen molar-refractivity contribution < 1.29 is 17.9 Å². The van der Waals surface area contributed by atoms with Gasteiger partial charge in [0.05, 0.1) is 7.11 Å². The Labute approximate surface area is 111 Å². The fourth-order valence-corrected chi connectivity index (χ4v) is 2.28. The summed E-state index contributed by atoms with van der Waals surface area (Å²) in [6, 6.07) is 13.5. The van der Waals surface area contributed by atoms with Crippen molar-refractivity contribution in [3.05, 3.63) is 48.5 Å². The number of methoxy groups -OCH3 is 1. The van der Waals surface area contributed by atoms with Crippen LogP contribution in [0.5, 0.6) is 17.2 Å². The van der Waals surface area contributed by atoms with Crippen molar-refractivity contribution in [3.8, 4) is 17.2 Å². The Bertz CT molecular complexity index is 668. The van der Waals surface area contributed by atoms with Gasteiger partial charge in [-0.3, -0.25) is 0 Å². The summed E-state index contributed by atoms with van der Waals surface area (Å²) < 4.78 is 33.4. The molecule has 0 saturated heterocycles. The van der Waals surface area contributed by atoms with Gasteiger partial charge in [-0.2, -0.15) is 0 Å². The van der Waals surface area contributed by atoms with Gasteiger partial charge < -0.3 is 9.47 Å². The topological polar surface area (TPSA) is 78.6 Å². The van der Waals surface area contributed by atoms with Crippen LogP contribution < -0.4 is 14.6 Å². The first-order valence-corrected chi connectivity index (χ1v) is 6.99. The van der Waals surface area contributed by atoms with E-state index >= 15 is 0 Å². The minimum atomic E-state index is -3.87. The molecule has 2 N–H and O–H groups in total. The van der Waals surface area contributed by atoms with Crippen molar-refractivity contribution in [2.75, 3.05) is 7.11 Å². The van der Waals surface area contributed by atoms with E-state index in [4.69, 9.17) is 14.6 Å². The minimum Gasteiger partial charge on any atom is -0.495 e. The molecule has 6 heteroatoms. The van der Waals surface area contributed by atoms with Gasteiger partial charge >= 0.3 is 0 Å². The van der Waals surface area contributed by atoms with Gasteiger partial charge in [-0.25, -0.2) is 13.6 Å². The molecule has 100 valence electrons. The maximum absolute atomic E-state index is 11.5. The van der Waals surface area contributed by atoms with E-state index in [0.717, 1.165) is 0 Å². The molecule has 0 unspecified atom stereocenters. The third-order valence-electron chi connectivity index (χ3n) is 2.42. The molecular formula is C13H13NO4S. The molecule has 0 spiro atoms. The standard InChI is InChI=1S/C13H13NO4S/c1-17-12-8-7-11(9-13(12)19(14,15)16)18-10-5-3-2-4-6-10/h2-9H,1H3,(H2,14,15,16). The summed E-state index contributed by atoms with van der Waals surface area (Å²) in [7, 11) is -2.49. The summed E-state index contributed by atoms with van der Waals surface area (Å²) in [6.45, 7) is 0. The number of sulfonamides is 1. The van der Waals surface area contributed by atoms with Crippen LogP contribution in [0.15, 0.2) is 53.4 Å². The van der Waals surface area contributed by atoms with E-state index in [9.17, 15) is 8.42 Å². The molecule has 0 fully saturated rings. The van der Waals surface area contributed by atoms with Crippen LogP contribution in [-0.4, -0.2) is 15.5 Å². The van der Waals surface area contributed by atoms with Crippen LogP contribution in [0.2, 0.25) is 0 Å². The van der Waals surface area contributed by atoms with E-state index in [1.54, 1.807) is 18.2 Å². The second-order valence-corrected chi connectivity index (χ2v) is 5.30. The van der Waals surface area contributed by atoms with E-state index < -0.39 is 10.0 Å². The van der Waals surface area contributed by atoms with E-state index in [2.05, 4.69) is 0 Å². The second kappa shape index (κ2) is 5.29. The van der Waals surface area contributed by atoms with Gasteiger partial charge in [-0.05, 0) is 24.3 Å². The van der Waals surface area contributed by atoms with Gasteiger partial charge in [0, 0.05) is 6.07 Å². The fraction of sp³-hybridized carbons (Fsp3) is 0.0769. The average Bonchev–Trinajstić information content (AvgIpc) is 2.39. The van der Waals surface area contributed by atoms with Gasteiger partial charge in [-0.1, -0.05) is 18.2 Å². The van der Waals surface area contributed by atoms with Crippen molar-refractivity contribution in [2.24, 2.45) is 5.14 Å². The highest BCUT2D eigenvalue weighted by Crippen LogP contribution is 2.29. The molecule has 0 atom stereocenters. The molecule has 0 aliphatic carbocycles. The number of hydrogen-bond acceptors (Lipinski definition) is 4. The smallest absolute Gasteiger partial charge is 0.241 e. The second-order valence-electron chi connectivity index (χ2n) is 3.77. The summed E-state index contributed by atoms with van der Waals surface area (Å²) >= 11 is 0. The Morgan fingerprint density at radius 3 is 2.26 bits per heavy atom. The van der Waals surface area contributed by atoms with Crippen molar-refractivity contribution in [2.45, 2.75) is 4.90 Å². The van der Waals surface area contributed by atoms with Gasteiger partial charge in [0.1, 0.15) is 22.1 Å². The van der Waals surface area contributed by atoms with Crippen molar-refractivity contribution in [3.63, 3.8) is 0 Å². The molecule has 0 saturated carbocycles. The molecule has 0 aliphatic heterocycles. The number of ether oxygens (including phenoxy) is 2. The first kappa shape index (κ1) is 13.4. The lowest BCUT2D eigenvalue weighted by Gasteiger charge is -2.10. The van der Waals surface area contributed by atoms with Crippen LogP contribution >= 0.6 is 0 Å². The van der Waals surface area contributed by atoms with Gasteiger partial charge in [0.25, 0.3) is 0 Å². The fourth-order valence-electron chi connectivity index (χ4n) is 1.57. The van der Waals surface area contributed by atoms with Crippen molar-refractivity contribution in [1.29, 1.82) is 0 Å². The van der Waals surface area contributed by atoms with Gasteiger partial charge in [0.2, 0.25) is 10.0 Å². The van der Waals surface area contributed by atoms with Gasteiger partial charge in [-0.15, -0.1) is 0 Å². The van der Waals surface area contributed by atoms with E-state index in [-0.39, 0.29) is 10.6 Å².